The molecule has 2 heterocycles. The lowest BCUT2D eigenvalue weighted by atomic mass is 9.98. The topological polar surface area (TPSA) is 89.5 Å². The Bertz CT molecular complexity index is 756. The molecule has 2 saturated heterocycles. The van der Waals surface area contributed by atoms with E-state index in [2.05, 4.69) is 27.7 Å². The van der Waals surface area contributed by atoms with Crippen LogP contribution in [0.3, 0.4) is 0 Å². The van der Waals surface area contributed by atoms with E-state index in [4.69, 9.17) is 28.4 Å². The van der Waals surface area contributed by atoms with Crippen LogP contribution in [0.1, 0.15) is 99.8 Å². The maximum Gasteiger partial charge on any atom is 0.338 e. The van der Waals surface area contributed by atoms with Gasteiger partial charge in [-0.05, 0) is 49.9 Å². The second kappa shape index (κ2) is 16.2. The van der Waals surface area contributed by atoms with E-state index in [-0.39, 0.29) is 12.6 Å². The number of carbonyl (C=O) groups excluding carboxylic acids is 2. The second-order valence-corrected chi connectivity index (χ2v) is 10.3. The Kier molecular flexibility index (Phi) is 13.0. The summed E-state index contributed by atoms with van der Waals surface area (Å²) >= 11 is 0. The number of hydrogen-bond donors (Lipinski definition) is 0. The lowest BCUT2D eigenvalue weighted by molar-refractivity contribution is -0.238. The molecule has 0 spiro atoms. The Labute approximate surface area is 227 Å². The first-order chi connectivity index (χ1) is 18.5. The zero-order valence-electron chi connectivity index (χ0n) is 23.5. The fourth-order valence-electron chi connectivity index (χ4n) is 4.86. The second-order valence-electron chi connectivity index (χ2n) is 10.3. The van der Waals surface area contributed by atoms with Crippen molar-refractivity contribution in [3.8, 4) is 0 Å². The molecule has 0 bridgehead atoms. The van der Waals surface area contributed by atoms with Gasteiger partial charge in [0, 0.05) is 11.8 Å². The largest absolute Gasteiger partial charge is 0.454 e. The molecule has 0 N–H and O–H groups in total. The van der Waals surface area contributed by atoms with Gasteiger partial charge in [0.2, 0.25) is 0 Å². The lowest BCUT2D eigenvalue weighted by Gasteiger charge is -2.33. The van der Waals surface area contributed by atoms with E-state index in [9.17, 15) is 9.59 Å². The summed E-state index contributed by atoms with van der Waals surface area (Å²) < 4.78 is 34.6. The molecule has 1 aromatic rings. The van der Waals surface area contributed by atoms with E-state index in [1.165, 1.54) is 0 Å². The minimum absolute atomic E-state index is 0.244. The first-order valence-corrected chi connectivity index (χ1v) is 14.5. The quantitative estimate of drug-likeness (QED) is 0.272. The molecule has 8 heteroatoms. The number of benzene rings is 1. The van der Waals surface area contributed by atoms with Gasteiger partial charge < -0.3 is 28.4 Å². The summed E-state index contributed by atoms with van der Waals surface area (Å²) in [6.45, 7) is 9.88. The molecule has 0 aliphatic carbocycles. The zero-order valence-corrected chi connectivity index (χ0v) is 23.5. The first-order valence-electron chi connectivity index (χ1n) is 14.5. The number of carbonyl (C=O) groups is 2. The van der Waals surface area contributed by atoms with Crippen molar-refractivity contribution in [2.45, 2.75) is 104 Å². The molecule has 2 aliphatic rings. The van der Waals surface area contributed by atoms with E-state index in [1.54, 1.807) is 24.3 Å². The van der Waals surface area contributed by atoms with Gasteiger partial charge in [-0.2, -0.15) is 0 Å². The Balaban J connectivity index is 1.41. The Morgan fingerprint density at radius 1 is 0.684 bits per heavy atom. The van der Waals surface area contributed by atoms with Crippen molar-refractivity contribution in [1.82, 2.24) is 0 Å². The number of hydrogen-bond acceptors (Lipinski definition) is 8. The molecular formula is C30H46O8. The molecule has 3 rings (SSSR count). The Morgan fingerprint density at radius 2 is 1.03 bits per heavy atom. The molecule has 0 amide bonds. The maximum atomic E-state index is 12.6. The third kappa shape index (κ3) is 9.04. The van der Waals surface area contributed by atoms with Gasteiger partial charge in [-0.3, -0.25) is 0 Å². The fourth-order valence-corrected chi connectivity index (χ4v) is 4.86. The van der Waals surface area contributed by atoms with Crippen molar-refractivity contribution in [1.29, 1.82) is 0 Å². The monoisotopic (exact) mass is 534 g/mol. The van der Waals surface area contributed by atoms with Crippen LogP contribution in [0.25, 0.3) is 0 Å². The highest BCUT2D eigenvalue weighted by molar-refractivity contribution is 5.93. The summed E-state index contributed by atoms with van der Waals surface area (Å²) in [7, 11) is 0. The first kappa shape index (κ1) is 30.5. The van der Waals surface area contributed by atoms with Gasteiger partial charge in [0.05, 0.1) is 37.6 Å². The SMILES string of the molecule is CCCCC(CC)C1OCC(OC(=O)c2ccc(C(=O)OC3COC(C(CC)CCCC)OC3)cc2)CO1. The number of ether oxygens (including phenoxy) is 6. The Morgan fingerprint density at radius 3 is 1.32 bits per heavy atom. The van der Waals surface area contributed by atoms with Crippen LogP contribution in [-0.4, -0.2) is 63.2 Å². The van der Waals surface area contributed by atoms with Crippen molar-refractivity contribution in [3.63, 3.8) is 0 Å². The Hall–Kier alpha value is -2.00. The third-order valence-corrected chi connectivity index (χ3v) is 7.36. The van der Waals surface area contributed by atoms with Crippen molar-refractivity contribution >= 4 is 11.9 Å². The third-order valence-electron chi connectivity index (χ3n) is 7.36. The average Bonchev–Trinajstić information content (AvgIpc) is 2.95. The molecular weight excluding hydrogens is 488 g/mol. The van der Waals surface area contributed by atoms with Crippen molar-refractivity contribution < 1.29 is 38.0 Å². The molecule has 0 aromatic heterocycles. The standard InChI is InChI=1S/C30H46O8/c1-5-9-11-21(7-3)29-33-17-25(18-34-29)37-27(31)23-13-15-24(16-14-23)28(32)38-26-19-35-30(36-20-26)22(8-4)12-10-6-2/h13-16,21-22,25-26,29-30H,5-12,17-20H2,1-4H3. The van der Waals surface area contributed by atoms with Gasteiger partial charge in [0.15, 0.2) is 12.6 Å². The van der Waals surface area contributed by atoms with Crippen LogP contribution >= 0.6 is 0 Å². The molecule has 38 heavy (non-hydrogen) atoms. The molecule has 2 fully saturated rings. The maximum absolute atomic E-state index is 12.6. The molecule has 8 nitrogen and oxygen atoms in total. The lowest BCUT2D eigenvalue weighted by Crippen LogP contribution is -2.41. The summed E-state index contributed by atoms with van der Waals surface area (Å²) in [5.74, 6) is -0.253. The normalized spacial score (nSPS) is 25.4. The minimum Gasteiger partial charge on any atom is -0.454 e. The number of rotatable bonds is 14. The van der Waals surface area contributed by atoms with Crippen LogP contribution < -0.4 is 0 Å². The van der Waals surface area contributed by atoms with Crippen molar-refractivity contribution in [2.75, 3.05) is 26.4 Å². The van der Waals surface area contributed by atoms with Crippen LogP contribution in [-0.2, 0) is 28.4 Å². The average molecular weight is 535 g/mol. The van der Waals surface area contributed by atoms with E-state index < -0.39 is 24.1 Å². The smallest absolute Gasteiger partial charge is 0.338 e. The highest BCUT2D eigenvalue weighted by Gasteiger charge is 2.31. The summed E-state index contributed by atoms with van der Waals surface area (Å²) in [6, 6.07) is 6.25. The molecule has 0 saturated carbocycles. The van der Waals surface area contributed by atoms with Crippen LogP contribution in [0.15, 0.2) is 24.3 Å². The fraction of sp³-hybridized carbons (Fsp3) is 0.733. The van der Waals surface area contributed by atoms with Crippen LogP contribution in [0, 0.1) is 11.8 Å². The molecule has 2 unspecified atom stereocenters. The summed E-state index contributed by atoms with van der Waals surface area (Å²) in [5, 5.41) is 0. The van der Waals surface area contributed by atoms with Crippen LogP contribution in [0.2, 0.25) is 0 Å². The highest BCUT2D eigenvalue weighted by atomic mass is 16.7. The van der Waals surface area contributed by atoms with Gasteiger partial charge in [0.25, 0.3) is 0 Å². The van der Waals surface area contributed by atoms with E-state index in [0.717, 1.165) is 51.4 Å². The molecule has 0 radical (unpaired) electrons. The highest BCUT2D eigenvalue weighted by Crippen LogP contribution is 2.25. The summed E-state index contributed by atoms with van der Waals surface area (Å²) in [4.78, 5) is 25.2. The molecule has 2 atom stereocenters. The molecule has 2 aliphatic heterocycles. The van der Waals surface area contributed by atoms with E-state index in [1.807, 2.05) is 0 Å². The van der Waals surface area contributed by atoms with Gasteiger partial charge >= 0.3 is 11.9 Å². The minimum atomic E-state index is -0.479. The van der Waals surface area contributed by atoms with Crippen molar-refractivity contribution in [2.24, 2.45) is 11.8 Å². The van der Waals surface area contributed by atoms with Gasteiger partial charge in [-0.15, -0.1) is 0 Å². The van der Waals surface area contributed by atoms with Crippen LogP contribution in [0.5, 0.6) is 0 Å². The van der Waals surface area contributed by atoms with Gasteiger partial charge in [-0.25, -0.2) is 9.59 Å². The summed E-state index contributed by atoms with van der Waals surface area (Å²) in [5.41, 5.74) is 0.700. The van der Waals surface area contributed by atoms with Gasteiger partial charge in [0.1, 0.15) is 12.2 Å². The summed E-state index contributed by atoms with van der Waals surface area (Å²) in [6.07, 6.45) is 7.27. The van der Waals surface area contributed by atoms with E-state index in [0.29, 0.717) is 49.4 Å². The predicted octanol–water partition coefficient (Wildman–Crippen LogP) is 5.92. The van der Waals surface area contributed by atoms with Gasteiger partial charge in [-0.1, -0.05) is 53.4 Å². The van der Waals surface area contributed by atoms with Crippen LogP contribution in [0.4, 0.5) is 0 Å². The predicted molar refractivity (Wildman–Crippen MR) is 143 cm³/mol. The van der Waals surface area contributed by atoms with Crippen molar-refractivity contribution in [3.05, 3.63) is 35.4 Å². The molecule has 214 valence electrons. The molecule has 1 aromatic carbocycles. The zero-order chi connectivity index (χ0) is 27.3. The number of esters is 2. The van der Waals surface area contributed by atoms with E-state index >= 15 is 0 Å². The number of unbranched alkanes of at least 4 members (excludes halogenated alkanes) is 2.